The number of hydrogen-bond acceptors (Lipinski definition) is 2. The quantitative estimate of drug-likeness (QED) is 0.837. The van der Waals surface area contributed by atoms with Crippen LogP contribution in [0.25, 0.3) is 0 Å². The van der Waals surface area contributed by atoms with Crippen molar-refractivity contribution in [3.8, 4) is 0 Å². The first-order valence-electron chi connectivity index (χ1n) is 8.57. The van der Waals surface area contributed by atoms with Crippen molar-refractivity contribution in [2.75, 3.05) is 20.1 Å². The topological polar surface area (TPSA) is 15.3 Å². The maximum Gasteiger partial charge on any atom is 0.0251 e. The lowest BCUT2D eigenvalue weighted by Gasteiger charge is -2.45. The van der Waals surface area contributed by atoms with Gasteiger partial charge < -0.3 is 5.32 Å². The maximum absolute atomic E-state index is 3.59. The van der Waals surface area contributed by atoms with Crippen LogP contribution in [0.1, 0.15) is 59.3 Å². The molecular weight excluding hydrogens is 232 g/mol. The van der Waals surface area contributed by atoms with E-state index < -0.39 is 0 Å². The second-order valence-corrected chi connectivity index (χ2v) is 7.17. The number of nitrogens with one attached hydrogen (secondary N) is 1. The average Bonchev–Trinajstić information content (AvgIpc) is 2.46. The van der Waals surface area contributed by atoms with Crippen LogP contribution in [-0.2, 0) is 0 Å². The molecule has 3 unspecified atom stereocenters. The third-order valence-corrected chi connectivity index (χ3v) is 5.86. The normalized spacial score (nSPS) is 34.9. The number of rotatable bonds is 4. The van der Waals surface area contributed by atoms with Gasteiger partial charge in [0, 0.05) is 12.1 Å². The van der Waals surface area contributed by atoms with Crippen molar-refractivity contribution < 1.29 is 0 Å². The third-order valence-electron chi connectivity index (χ3n) is 5.86. The van der Waals surface area contributed by atoms with Gasteiger partial charge in [-0.25, -0.2) is 0 Å². The van der Waals surface area contributed by atoms with Crippen molar-refractivity contribution in [2.24, 2.45) is 17.8 Å². The molecule has 2 heteroatoms. The summed E-state index contributed by atoms with van der Waals surface area (Å²) < 4.78 is 0. The van der Waals surface area contributed by atoms with Crippen molar-refractivity contribution >= 4 is 0 Å². The van der Waals surface area contributed by atoms with E-state index in [1.807, 2.05) is 0 Å². The fourth-order valence-corrected chi connectivity index (χ4v) is 4.26. The molecular formula is C17H34N2. The Kier molecular flexibility index (Phi) is 5.70. The number of likely N-dealkylation sites (tertiary alicyclic amines) is 1. The number of likely N-dealkylation sites (N-methyl/N-ethyl adjacent to an activating group) is 1. The third kappa shape index (κ3) is 3.72. The maximum atomic E-state index is 3.59. The summed E-state index contributed by atoms with van der Waals surface area (Å²) in [7, 11) is 2.16. The van der Waals surface area contributed by atoms with Crippen LogP contribution in [0, 0.1) is 17.8 Å². The zero-order valence-electron chi connectivity index (χ0n) is 13.5. The molecule has 0 bridgehead atoms. The molecule has 1 aliphatic carbocycles. The molecule has 2 aliphatic rings. The molecule has 1 heterocycles. The number of nitrogens with zero attached hydrogens (tertiary/aromatic N) is 1. The molecule has 19 heavy (non-hydrogen) atoms. The summed E-state index contributed by atoms with van der Waals surface area (Å²) in [6.07, 6.45) is 8.44. The highest BCUT2D eigenvalue weighted by atomic mass is 15.2. The van der Waals surface area contributed by atoms with Gasteiger partial charge in [0.15, 0.2) is 0 Å². The Bertz CT molecular complexity index is 256. The first-order chi connectivity index (χ1) is 9.15. The number of piperidine rings is 1. The molecule has 3 atom stereocenters. The minimum atomic E-state index is 0.735. The van der Waals surface area contributed by atoms with E-state index in [9.17, 15) is 0 Å². The zero-order chi connectivity index (χ0) is 13.8. The Morgan fingerprint density at radius 2 is 1.79 bits per heavy atom. The van der Waals surface area contributed by atoms with Gasteiger partial charge in [-0.3, -0.25) is 4.90 Å². The summed E-state index contributed by atoms with van der Waals surface area (Å²) in [5, 5.41) is 3.59. The van der Waals surface area contributed by atoms with E-state index in [1.165, 1.54) is 51.6 Å². The molecule has 0 radical (unpaired) electrons. The summed E-state index contributed by atoms with van der Waals surface area (Å²) in [6, 6.07) is 1.54. The molecule has 0 amide bonds. The Morgan fingerprint density at radius 1 is 1.11 bits per heavy atom. The average molecular weight is 266 g/mol. The van der Waals surface area contributed by atoms with Crippen molar-refractivity contribution in [2.45, 2.75) is 71.4 Å². The molecule has 1 saturated heterocycles. The predicted molar refractivity (Wildman–Crippen MR) is 83.4 cm³/mol. The number of hydrogen-bond donors (Lipinski definition) is 1. The van der Waals surface area contributed by atoms with Gasteiger partial charge in [-0.05, 0) is 70.0 Å². The van der Waals surface area contributed by atoms with Crippen molar-refractivity contribution in [1.29, 1.82) is 0 Å². The summed E-state index contributed by atoms with van der Waals surface area (Å²) in [6.45, 7) is 9.82. The van der Waals surface area contributed by atoms with E-state index in [4.69, 9.17) is 0 Å². The highest BCUT2D eigenvalue weighted by molar-refractivity contribution is 4.92. The van der Waals surface area contributed by atoms with E-state index in [2.05, 4.69) is 38.0 Å². The summed E-state index contributed by atoms with van der Waals surface area (Å²) in [5.41, 5.74) is 0. The molecule has 0 aromatic rings. The van der Waals surface area contributed by atoms with E-state index in [1.54, 1.807) is 0 Å². The molecule has 1 aliphatic heterocycles. The summed E-state index contributed by atoms with van der Waals surface area (Å²) >= 11 is 0. The predicted octanol–water partition coefficient (Wildman–Crippen LogP) is 3.52. The molecule has 1 saturated carbocycles. The minimum absolute atomic E-state index is 0.735. The van der Waals surface area contributed by atoms with Gasteiger partial charge in [0.05, 0.1) is 0 Å². The Morgan fingerprint density at radius 3 is 2.32 bits per heavy atom. The van der Waals surface area contributed by atoms with Gasteiger partial charge in [0.1, 0.15) is 0 Å². The zero-order valence-corrected chi connectivity index (χ0v) is 13.5. The van der Waals surface area contributed by atoms with Crippen LogP contribution in [0.2, 0.25) is 0 Å². The first kappa shape index (κ1) is 15.3. The SMILES string of the molecule is CCC1CCC(NC)C(N2CCC(C(C)C)CC2)C1. The molecule has 0 aromatic carbocycles. The molecule has 0 spiro atoms. The lowest BCUT2D eigenvalue weighted by atomic mass is 9.78. The largest absolute Gasteiger partial charge is 0.315 e. The standard InChI is InChI=1S/C17H34N2/c1-5-14-6-7-16(18-4)17(12-14)19-10-8-15(9-11-19)13(2)3/h13-18H,5-12H2,1-4H3. The summed E-state index contributed by atoms with van der Waals surface area (Å²) in [4.78, 5) is 2.81. The van der Waals surface area contributed by atoms with E-state index in [-0.39, 0.29) is 0 Å². The molecule has 112 valence electrons. The van der Waals surface area contributed by atoms with Crippen molar-refractivity contribution in [3.63, 3.8) is 0 Å². The lowest BCUT2D eigenvalue weighted by Crippen LogP contribution is -2.54. The highest BCUT2D eigenvalue weighted by Crippen LogP contribution is 2.33. The minimum Gasteiger partial charge on any atom is -0.315 e. The van der Waals surface area contributed by atoms with Crippen LogP contribution in [0.15, 0.2) is 0 Å². The van der Waals surface area contributed by atoms with E-state index in [0.29, 0.717) is 0 Å². The van der Waals surface area contributed by atoms with Crippen LogP contribution < -0.4 is 5.32 Å². The summed E-state index contributed by atoms with van der Waals surface area (Å²) in [5.74, 6) is 2.81. The second kappa shape index (κ2) is 7.08. The van der Waals surface area contributed by atoms with Crippen LogP contribution >= 0.6 is 0 Å². The lowest BCUT2D eigenvalue weighted by molar-refractivity contribution is 0.0583. The van der Waals surface area contributed by atoms with Gasteiger partial charge in [-0.15, -0.1) is 0 Å². The molecule has 2 rings (SSSR count). The van der Waals surface area contributed by atoms with Gasteiger partial charge in [-0.1, -0.05) is 27.2 Å². The van der Waals surface area contributed by atoms with Crippen LogP contribution in [0.4, 0.5) is 0 Å². The van der Waals surface area contributed by atoms with Crippen LogP contribution in [0.5, 0.6) is 0 Å². The van der Waals surface area contributed by atoms with Crippen LogP contribution in [0.3, 0.4) is 0 Å². The van der Waals surface area contributed by atoms with Gasteiger partial charge in [0.25, 0.3) is 0 Å². The highest BCUT2D eigenvalue weighted by Gasteiger charge is 2.34. The van der Waals surface area contributed by atoms with E-state index in [0.717, 1.165) is 29.8 Å². The molecule has 2 nitrogen and oxygen atoms in total. The van der Waals surface area contributed by atoms with Crippen molar-refractivity contribution in [1.82, 2.24) is 10.2 Å². The Hall–Kier alpha value is -0.0800. The van der Waals surface area contributed by atoms with Gasteiger partial charge >= 0.3 is 0 Å². The van der Waals surface area contributed by atoms with Crippen LogP contribution in [-0.4, -0.2) is 37.1 Å². The van der Waals surface area contributed by atoms with Gasteiger partial charge in [0.2, 0.25) is 0 Å². The fourth-order valence-electron chi connectivity index (χ4n) is 4.26. The fraction of sp³-hybridized carbons (Fsp3) is 1.00. The second-order valence-electron chi connectivity index (χ2n) is 7.17. The Balaban J connectivity index is 1.91. The van der Waals surface area contributed by atoms with Crippen molar-refractivity contribution in [3.05, 3.63) is 0 Å². The van der Waals surface area contributed by atoms with E-state index >= 15 is 0 Å². The monoisotopic (exact) mass is 266 g/mol. The molecule has 2 fully saturated rings. The molecule has 1 N–H and O–H groups in total. The Labute approximate surface area is 120 Å². The smallest absolute Gasteiger partial charge is 0.0251 e. The van der Waals surface area contributed by atoms with Gasteiger partial charge in [-0.2, -0.15) is 0 Å². The molecule has 0 aromatic heterocycles. The first-order valence-corrected chi connectivity index (χ1v) is 8.57.